The first-order valence-corrected chi connectivity index (χ1v) is 6.74. The van der Waals surface area contributed by atoms with E-state index in [1.54, 1.807) is 0 Å². The first-order chi connectivity index (χ1) is 8.00. The summed E-state index contributed by atoms with van der Waals surface area (Å²) in [6.45, 7) is 9.02. The fourth-order valence-electron chi connectivity index (χ4n) is 2.21. The van der Waals surface area contributed by atoms with E-state index in [0.717, 1.165) is 11.7 Å². The number of imidazole rings is 1. The van der Waals surface area contributed by atoms with Crippen LogP contribution >= 0.6 is 0 Å². The second-order valence-electron chi connectivity index (χ2n) is 5.51. The van der Waals surface area contributed by atoms with Gasteiger partial charge in [0.25, 0.3) is 0 Å². The van der Waals surface area contributed by atoms with Gasteiger partial charge in [-0.15, -0.1) is 0 Å². The molecule has 0 bridgehead atoms. The van der Waals surface area contributed by atoms with Gasteiger partial charge >= 0.3 is 0 Å². The highest BCUT2D eigenvalue weighted by Crippen LogP contribution is 2.13. The standard InChI is InChI=1S/C14H27N3/c1-11(2)7-6-8-12(3)16-13(4)14-15-9-10-17(14)5/h9-13,16H,6-8H2,1-5H3. The predicted octanol–water partition coefficient (Wildman–Crippen LogP) is 3.29. The number of aryl methyl sites for hydroxylation is 1. The number of aromatic nitrogens is 2. The molecule has 3 nitrogen and oxygen atoms in total. The molecule has 2 unspecified atom stereocenters. The molecule has 0 spiro atoms. The van der Waals surface area contributed by atoms with Gasteiger partial charge in [0.05, 0.1) is 6.04 Å². The van der Waals surface area contributed by atoms with Crippen LogP contribution in [0, 0.1) is 5.92 Å². The maximum Gasteiger partial charge on any atom is 0.125 e. The van der Waals surface area contributed by atoms with E-state index < -0.39 is 0 Å². The molecular weight excluding hydrogens is 210 g/mol. The third-order valence-corrected chi connectivity index (χ3v) is 3.20. The molecule has 0 saturated carbocycles. The molecule has 0 fully saturated rings. The number of nitrogens with zero attached hydrogens (tertiary/aromatic N) is 2. The molecule has 1 heterocycles. The number of nitrogens with one attached hydrogen (secondary N) is 1. The highest BCUT2D eigenvalue weighted by molar-refractivity contribution is 4.97. The lowest BCUT2D eigenvalue weighted by Gasteiger charge is -2.20. The SMILES string of the molecule is CC(C)CCCC(C)NC(C)c1nccn1C. The van der Waals surface area contributed by atoms with Gasteiger partial charge in [-0.25, -0.2) is 4.98 Å². The van der Waals surface area contributed by atoms with Crippen molar-refractivity contribution in [2.24, 2.45) is 13.0 Å². The van der Waals surface area contributed by atoms with Crippen LogP contribution in [0.15, 0.2) is 12.4 Å². The van der Waals surface area contributed by atoms with E-state index in [9.17, 15) is 0 Å². The van der Waals surface area contributed by atoms with Gasteiger partial charge in [-0.2, -0.15) is 0 Å². The molecule has 0 aliphatic carbocycles. The third kappa shape index (κ3) is 4.90. The maximum absolute atomic E-state index is 4.38. The lowest BCUT2D eigenvalue weighted by molar-refractivity contribution is 0.411. The molecule has 0 saturated heterocycles. The lowest BCUT2D eigenvalue weighted by Crippen LogP contribution is -2.30. The van der Waals surface area contributed by atoms with Crippen LogP contribution in [0.3, 0.4) is 0 Å². The Morgan fingerprint density at radius 3 is 2.47 bits per heavy atom. The molecule has 1 rings (SSSR count). The Hall–Kier alpha value is -0.830. The van der Waals surface area contributed by atoms with Crippen molar-refractivity contribution in [2.45, 2.75) is 59.0 Å². The van der Waals surface area contributed by atoms with Gasteiger partial charge < -0.3 is 9.88 Å². The van der Waals surface area contributed by atoms with Crippen LogP contribution in [-0.4, -0.2) is 15.6 Å². The molecule has 0 aromatic carbocycles. The summed E-state index contributed by atoms with van der Waals surface area (Å²) in [5, 5.41) is 3.61. The summed E-state index contributed by atoms with van der Waals surface area (Å²) in [6.07, 6.45) is 7.72. The second kappa shape index (κ2) is 6.80. The minimum absolute atomic E-state index is 0.323. The van der Waals surface area contributed by atoms with Gasteiger partial charge in [-0.1, -0.05) is 26.7 Å². The highest BCUT2D eigenvalue weighted by Gasteiger charge is 2.12. The van der Waals surface area contributed by atoms with Crippen molar-refractivity contribution in [2.75, 3.05) is 0 Å². The van der Waals surface area contributed by atoms with Crippen molar-refractivity contribution in [1.82, 2.24) is 14.9 Å². The molecular formula is C14H27N3. The molecule has 0 aliphatic heterocycles. The van der Waals surface area contributed by atoms with Gasteiger partial charge in [0.1, 0.15) is 5.82 Å². The summed E-state index contributed by atoms with van der Waals surface area (Å²) in [5.74, 6) is 1.93. The Kier molecular flexibility index (Phi) is 5.69. The van der Waals surface area contributed by atoms with Gasteiger partial charge in [0.2, 0.25) is 0 Å². The van der Waals surface area contributed by atoms with E-state index in [4.69, 9.17) is 0 Å². The fourth-order valence-corrected chi connectivity index (χ4v) is 2.21. The Morgan fingerprint density at radius 1 is 1.24 bits per heavy atom. The van der Waals surface area contributed by atoms with E-state index in [1.807, 2.05) is 19.4 Å². The van der Waals surface area contributed by atoms with Gasteiger partial charge in [-0.3, -0.25) is 0 Å². The van der Waals surface area contributed by atoms with Crippen LogP contribution in [0.4, 0.5) is 0 Å². The summed E-state index contributed by atoms with van der Waals surface area (Å²) < 4.78 is 2.08. The van der Waals surface area contributed by atoms with E-state index in [0.29, 0.717) is 12.1 Å². The molecule has 2 atom stereocenters. The van der Waals surface area contributed by atoms with E-state index >= 15 is 0 Å². The van der Waals surface area contributed by atoms with Crippen molar-refractivity contribution in [1.29, 1.82) is 0 Å². The third-order valence-electron chi connectivity index (χ3n) is 3.20. The Bertz CT molecular complexity index is 317. The van der Waals surface area contributed by atoms with Gasteiger partial charge in [0.15, 0.2) is 0 Å². The molecule has 98 valence electrons. The normalized spacial score (nSPS) is 15.2. The fraction of sp³-hybridized carbons (Fsp3) is 0.786. The van der Waals surface area contributed by atoms with Crippen molar-refractivity contribution in [3.63, 3.8) is 0 Å². The van der Waals surface area contributed by atoms with Crippen molar-refractivity contribution >= 4 is 0 Å². The van der Waals surface area contributed by atoms with Crippen molar-refractivity contribution in [3.05, 3.63) is 18.2 Å². The molecule has 0 amide bonds. The number of rotatable bonds is 7. The Labute approximate surface area is 106 Å². The van der Waals surface area contributed by atoms with Crippen LogP contribution < -0.4 is 5.32 Å². The van der Waals surface area contributed by atoms with Crippen LogP contribution in [0.5, 0.6) is 0 Å². The molecule has 1 aromatic rings. The van der Waals surface area contributed by atoms with Gasteiger partial charge in [-0.05, 0) is 26.2 Å². The van der Waals surface area contributed by atoms with Crippen molar-refractivity contribution < 1.29 is 0 Å². The lowest BCUT2D eigenvalue weighted by atomic mass is 10.0. The highest BCUT2D eigenvalue weighted by atomic mass is 15.1. The largest absolute Gasteiger partial charge is 0.337 e. The minimum Gasteiger partial charge on any atom is -0.337 e. The van der Waals surface area contributed by atoms with Gasteiger partial charge in [0, 0.05) is 25.5 Å². The molecule has 1 N–H and O–H groups in total. The van der Waals surface area contributed by atoms with Crippen LogP contribution in [0.2, 0.25) is 0 Å². The Morgan fingerprint density at radius 2 is 1.94 bits per heavy atom. The zero-order valence-corrected chi connectivity index (χ0v) is 11.9. The Balaban J connectivity index is 2.31. The van der Waals surface area contributed by atoms with Crippen LogP contribution in [-0.2, 0) is 7.05 Å². The average molecular weight is 237 g/mol. The summed E-state index contributed by atoms with van der Waals surface area (Å²) in [5.41, 5.74) is 0. The summed E-state index contributed by atoms with van der Waals surface area (Å²) in [7, 11) is 2.05. The predicted molar refractivity (Wildman–Crippen MR) is 72.9 cm³/mol. The zero-order valence-electron chi connectivity index (χ0n) is 11.9. The zero-order chi connectivity index (χ0) is 12.8. The molecule has 17 heavy (non-hydrogen) atoms. The second-order valence-corrected chi connectivity index (χ2v) is 5.51. The molecule has 0 aliphatic rings. The van der Waals surface area contributed by atoms with Crippen LogP contribution in [0.25, 0.3) is 0 Å². The van der Waals surface area contributed by atoms with Crippen LogP contribution in [0.1, 0.15) is 58.8 Å². The summed E-state index contributed by atoms with van der Waals surface area (Å²) >= 11 is 0. The average Bonchev–Trinajstić information content (AvgIpc) is 2.63. The minimum atomic E-state index is 0.323. The summed E-state index contributed by atoms with van der Waals surface area (Å²) in [6, 6.07) is 0.879. The smallest absolute Gasteiger partial charge is 0.125 e. The monoisotopic (exact) mass is 237 g/mol. The molecule has 0 radical (unpaired) electrons. The van der Waals surface area contributed by atoms with Crippen molar-refractivity contribution in [3.8, 4) is 0 Å². The maximum atomic E-state index is 4.38. The number of hydrogen-bond donors (Lipinski definition) is 1. The number of hydrogen-bond acceptors (Lipinski definition) is 2. The molecule has 3 heteroatoms. The first kappa shape index (κ1) is 14.2. The molecule has 1 aromatic heterocycles. The quantitative estimate of drug-likeness (QED) is 0.788. The topological polar surface area (TPSA) is 29.9 Å². The summed E-state index contributed by atoms with van der Waals surface area (Å²) in [4.78, 5) is 4.38. The van der Waals surface area contributed by atoms with E-state index in [1.165, 1.54) is 19.3 Å². The van der Waals surface area contributed by atoms with E-state index in [-0.39, 0.29) is 0 Å². The first-order valence-electron chi connectivity index (χ1n) is 6.74. The van der Waals surface area contributed by atoms with E-state index in [2.05, 4.69) is 42.6 Å².